The predicted octanol–water partition coefficient (Wildman–Crippen LogP) is 14.0. The topological polar surface area (TPSA) is 306 Å². The number of amides is 3. The van der Waals surface area contributed by atoms with Crippen LogP contribution in [0.25, 0.3) is 53.5 Å². The lowest BCUT2D eigenvalue weighted by molar-refractivity contribution is -0.123. The minimum atomic E-state index is -3.87. The highest BCUT2D eigenvalue weighted by atomic mass is 32.3. The highest BCUT2D eigenvalue weighted by Crippen LogP contribution is 2.45. The monoisotopic (exact) mass is 1770 g/mol. The number of methoxy groups -OCH3 is 2. The Morgan fingerprint density at radius 3 is 1.31 bits per heavy atom. The number of Topliss-reactive ketones (excluding diaryl/α,β-unsaturated/α-hetero) is 3. The third kappa shape index (κ3) is 17.8. The molecule has 32 heteroatoms. The minimum Gasteiger partial charge on any atom is -0.385 e. The molecule has 0 saturated carbocycles. The predicted molar refractivity (Wildman–Crippen MR) is 472 cm³/mol. The average molecular weight is 1770 g/mol. The molecule has 11 aromatic rings. The summed E-state index contributed by atoms with van der Waals surface area (Å²) in [5.41, 5.74) is 8.15. The van der Waals surface area contributed by atoms with Crippen LogP contribution in [0.15, 0.2) is 194 Å². The number of hydrogen-bond donors (Lipinski definition) is 0. The number of ether oxygens (including phenoxy) is 2. The van der Waals surface area contributed by atoms with Gasteiger partial charge in [0.15, 0.2) is 11.6 Å². The summed E-state index contributed by atoms with van der Waals surface area (Å²) in [5.74, 6) is -0.871. The van der Waals surface area contributed by atoms with Crippen molar-refractivity contribution in [3.8, 4) is 21.1 Å². The third-order valence-electron chi connectivity index (χ3n) is 23.3. The number of nitrogens with zero attached hydrogens (tertiary/aromatic N) is 9. The number of anilines is 3. The van der Waals surface area contributed by atoms with Crippen molar-refractivity contribution in [2.75, 3.05) is 108 Å². The van der Waals surface area contributed by atoms with Crippen LogP contribution in [0.1, 0.15) is 118 Å². The number of hydrogen-bond acceptors (Lipinski definition) is 21. The van der Waals surface area contributed by atoms with E-state index in [1.165, 1.54) is 46.9 Å². The van der Waals surface area contributed by atoms with Gasteiger partial charge in [-0.05, 0) is 187 Å². The Morgan fingerprint density at radius 2 is 0.893 bits per heavy atom. The molecule has 6 aliphatic rings. The van der Waals surface area contributed by atoms with Crippen molar-refractivity contribution in [3.05, 3.63) is 215 Å². The van der Waals surface area contributed by atoms with Crippen molar-refractivity contribution in [1.29, 1.82) is 0 Å². The van der Waals surface area contributed by atoms with Crippen LogP contribution >= 0.6 is 34.0 Å². The molecule has 5 aromatic heterocycles. The van der Waals surface area contributed by atoms with Crippen LogP contribution in [0.4, 0.5) is 17.1 Å². The molecule has 632 valence electrons. The largest absolute Gasteiger partial charge is 0.385 e. The van der Waals surface area contributed by atoms with E-state index < -0.39 is 52.2 Å². The summed E-state index contributed by atoms with van der Waals surface area (Å²) in [5, 5.41) is 6.79. The normalized spacial score (nSPS) is 17.7. The van der Waals surface area contributed by atoms with Gasteiger partial charge in [-0.1, -0.05) is 85.6 Å². The second-order valence-electron chi connectivity index (χ2n) is 30.9. The molecule has 0 N–H and O–H groups in total. The maximum absolute atomic E-state index is 13.8. The van der Waals surface area contributed by atoms with Gasteiger partial charge in [-0.2, -0.15) is 12.9 Å². The molecule has 3 saturated heterocycles. The Morgan fingerprint density at radius 1 is 0.455 bits per heavy atom. The molecule has 6 aromatic carbocycles. The van der Waals surface area contributed by atoms with E-state index in [9.17, 15) is 62.4 Å². The maximum atomic E-state index is 13.8. The molecule has 0 bridgehead atoms. The van der Waals surface area contributed by atoms with Crippen LogP contribution < -0.4 is 14.7 Å². The van der Waals surface area contributed by atoms with Gasteiger partial charge >= 0.3 is 0 Å². The number of thiophene rings is 3. The Labute approximate surface area is 716 Å². The second-order valence-corrected chi connectivity index (χ2v) is 42.5. The zero-order chi connectivity index (χ0) is 85.1. The number of carbonyl (C=O) groups excluding carboxylic acids is 6. The number of carbonyl (C=O) groups is 6. The summed E-state index contributed by atoms with van der Waals surface area (Å²) < 4.78 is 121. The fraction of sp³-hybridized carbons (Fsp3) is 0.348. The van der Waals surface area contributed by atoms with Gasteiger partial charge in [0, 0.05) is 157 Å². The van der Waals surface area contributed by atoms with E-state index in [1.807, 2.05) is 115 Å². The van der Waals surface area contributed by atoms with Crippen molar-refractivity contribution in [2.45, 2.75) is 115 Å². The zero-order valence-corrected chi connectivity index (χ0v) is 73.2. The Hall–Kier alpha value is -9.52. The molecule has 3 unspecified atom stereocenters. The molecule has 11 heterocycles. The third-order valence-corrected chi connectivity index (χ3v) is 34.8. The van der Waals surface area contributed by atoms with Crippen molar-refractivity contribution in [1.82, 2.24) is 27.2 Å². The van der Waals surface area contributed by atoms with E-state index in [-0.39, 0.29) is 79.4 Å². The Balaban J connectivity index is 0.000000141. The first-order chi connectivity index (χ1) is 58.3. The summed E-state index contributed by atoms with van der Waals surface area (Å²) >= 11 is 3.53. The Bertz CT molecular complexity index is 6270. The molecule has 0 radical (unpaired) electrons. The highest BCUT2D eigenvalue weighted by molar-refractivity contribution is 7.92. The SMILES string of the molecule is CN(CCCN1C(=O)c2cccc3c(CC(=O)C4CCCCN4S(=O)(=O)c4cccs4)ccc1c23)S(C)(=O)=O.COCCCN1C(=O)c2cccc3c(CC(=O)C4CCCCN4S(=O)(=O)c4ccc(-c5ccccn5)s4)ccc1c23.COCCCN1C(=O)c2cccc3c(CC(=O)C4CCCN(S(=O)(=O)c5ccc(-c6ccccn6)s5)C4)ccc1c23. The molecule has 121 heavy (non-hydrogen) atoms. The van der Waals surface area contributed by atoms with E-state index in [0.717, 1.165) is 125 Å². The van der Waals surface area contributed by atoms with Crippen LogP contribution in [0.2, 0.25) is 0 Å². The highest BCUT2D eigenvalue weighted by Gasteiger charge is 2.43. The van der Waals surface area contributed by atoms with E-state index in [1.54, 1.807) is 95.2 Å². The molecular formula is C89H93N9O16S7. The van der Waals surface area contributed by atoms with Crippen LogP contribution in [0.5, 0.6) is 0 Å². The van der Waals surface area contributed by atoms with Gasteiger partial charge in [-0.25, -0.2) is 38.0 Å². The molecule has 0 aliphatic carbocycles. The lowest BCUT2D eigenvalue weighted by Gasteiger charge is -2.33. The Kier molecular flexibility index (Phi) is 26.3. The van der Waals surface area contributed by atoms with Crippen molar-refractivity contribution in [2.24, 2.45) is 5.92 Å². The van der Waals surface area contributed by atoms with Gasteiger partial charge in [0.2, 0.25) is 10.0 Å². The molecule has 17 rings (SSSR count). The quantitative estimate of drug-likeness (QED) is 0.0378. The molecule has 3 fully saturated rings. The van der Waals surface area contributed by atoms with E-state index >= 15 is 0 Å². The first kappa shape index (κ1) is 86.4. The second kappa shape index (κ2) is 36.9. The van der Waals surface area contributed by atoms with Crippen LogP contribution in [-0.2, 0) is 83.2 Å². The van der Waals surface area contributed by atoms with E-state index in [0.29, 0.717) is 126 Å². The molecule has 0 spiro atoms. The van der Waals surface area contributed by atoms with E-state index in [4.69, 9.17) is 9.47 Å². The molecule has 25 nitrogen and oxygen atoms in total. The summed E-state index contributed by atoms with van der Waals surface area (Å²) in [7, 11) is -9.85. The first-order valence-corrected chi connectivity index (χ1v) is 49.1. The smallest absolute Gasteiger partial charge is 0.258 e. The fourth-order valence-corrected chi connectivity index (χ4v) is 26.5. The van der Waals surface area contributed by atoms with Crippen molar-refractivity contribution >= 4 is 159 Å². The van der Waals surface area contributed by atoms with Gasteiger partial charge < -0.3 is 24.2 Å². The summed E-state index contributed by atoms with van der Waals surface area (Å²) in [6, 6.07) is 47.8. The first-order valence-electron chi connectivity index (χ1n) is 40.4. The van der Waals surface area contributed by atoms with E-state index in [2.05, 4.69) is 9.97 Å². The summed E-state index contributed by atoms with van der Waals surface area (Å²) in [4.78, 5) is 96.0. The van der Waals surface area contributed by atoms with Gasteiger partial charge in [-0.15, -0.1) is 34.0 Å². The molecular weight excluding hydrogens is 1680 g/mol. The standard InChI is InChI=1S/2C31H31N3O5S2.C27H31N3O6S3/c1-39-19-7-17-33-26-13-12-21(22-8-6-9-23(30(22)26)31(33)36)20-27(35)25-11-3-5-18-34(25)41(37,38)29-15-14-28(40-29)24-10-2-4-16-32-24;1-39-18-6-17-34-26-12-11-21(23-8-4-9-24(30(23)26)31(34)36)19-27(35)22-7-5-16-33(20-22)41(37,38)29-14-13-28(40-29)25-10-2-3-15-32-25;1-28(38(2,33)34)14-7-15-29-23-13-12-19(20-8-5-9-21(26(20)23)27(29)32)18-24(31)22-10-3-4-16-30(22)39(35,36)25-11-6-17-37-25/h2,4,6,8-10,12-16,25H,3,5,7,11,17-20H2,1H3;2-4,8-15,22H,5-7,16-20H2,1H3;5-6,8-9,11-13,17,22H,3-4,7,10,14-16,18H2,1-2H3. The number of aromatic nitrogens is 2. The van der Waals surface area contributed by atoms with Crippen molar-refractivity contribution in [3.63, 3.8) is 0 Å². The van der Waals surface area contributed by atoms with Gasteiger partial charge in [0.25, 0.3) is 47.8 Å². The minimum absolute atomic E-state index is 0.0206. The molecule has 3 amide bonds. The molecule has 3 atom stereocenters. The lowest BCUT2D eigenvalue weighted by atomic mass is 9.89. The van der Waals surface area contributed by atoms with Gasteiger partial charge in [-0.3, -0.25) is 38.7 Å². The fourth-order valence-electron chi connectivity index (χ4n) is 17.2. The van der Waals surface area contributed by atoms with Crippen LogP contribution in [0.3, 0.4) is 0 Å². The maximum Gasteiger partial charge on any atom is 0.258 e. The van der Waals surface area contributed by atoms with Gasteiger partial charge in [0.05, 0.1) is 56.5 Å². The number of rotatable bonds is 30. The molecule has 6 aliphatic heterocycles. The summed E-state index contributed by atoms with van der Waals surface area (Å²) in [6.07, 6.45) is 12.1. The number of sulfonamides is 4. The number of piperidine rings is 3. The summed E-state index contributed by atoms with van der Waals surface area (Å²) in [6.45, 7) is 4.09. The average Bonchev–Trinajstić information content (AvgIpc) is 1.61. The number of ketones is 3. The number of benzene rings is 6. The lowest BCUT2D eigenvalue weighted by Crippen LogP contribution is -2.48. The zero-order valence-electron chi connectivity index (χ0n) is 67.4. The van der Waals surface area contributed by atoms with Crippen LogP contribution in [-0.4, -0.2) is 201 Å². The van der Waals surface area contributed by atoms with Crippen LogP contribution in [0, 0.1) is 5.92 Å². The number of pyridine rings is 2. The van der Waals surface area contributed by atoms with Crippen molar-refractivity contribution < 1.29 is 71.9 Å². The van der Waals surface area contributed by atoms with Gasteiger partial charge in [0.1, 0.15) is 18.4 Å².